The van der Waals surface area contributed by atoms with Gasteiger partial charge >= 0.3 is 0 Å². The van der Waals surface area contributed by atoms with E-state index in [2.05, 4.69) is 5.32 Å². The fraction of sp³-hybridized carbons (Fsp3) is 0.889. The van der Waals surface area contributed by atoms with E-state index in [1.54, 1.807) is 0 Å². The first-order valence-corrected chi connectivity index (χ1v) is 6.46. The summed E-state index contributed by atoms with van der Waals surface area (Å²) in [7, 11) is -0.804. The van der Waals surface area contributed by atoms with Crippen LogP contribution in [0.3, 0.4) is 0 Å². The Balaban J connectivity index is 3.49. The normalized spacial score (nSPS) is 14.8. The van der Waals surface area contributed by atoms with E-state index >= 15 is 0 Å². The monoisotopic (exact) mass is 220 g/mol. The molecule has 0 aromatic rings. The Morgan fingerprint density at radius 3 is 2.64 bits per heavy atom. The highest BCUT2D eigenvalue weighted by atomic mass is 32.2. The van der Waals surface area contributed by atoms with Crippen LogP contribution >= 0.6 is 0 Å². The third-order valence-corrected chi connectivity index (χ3v) is 3.25. The molecule has 84 valence electrons. The Labute approximate surface area is 88.1 Å². The van der Waals surface area contributed by atoms with E-state index in [9.17, 15) is 9.00 Å². The number of carbonyl (C=O) groups is 1. The molecule has 1 amide bonds. The summed E-state index contributed by atoms with van der Waals surface area (Å²) in [4.78, 5) is 11.2. The molecule has 2 atom stereocenters. The Bertz CT molecular complexity index is 197. The zero-order chi connectivity index (χ0) is 11.0. The zero-order valence-corrected chi connectivity index (χ0v) is 9.73. The molecule has 0 aliphatic rings. The Hall–Kier alpha value is -0.420. The lowest BCUT2D eigenvalue weighted by atomic mass is 10.1. The van der Waals surface area contributed by atoms with Crippen molar-refractivity contribution in [1.82, 2.24) is 5.32 Å². The van der Waals surface area contributed by atoms with Gasteiger partial charge in [-0.15, -0.1) is 0 Å². The van der Waals surface area contributed by atoms with Gasteiger partial charge in [0, 0.05) is 41.3 Å². The molecule has 0 aliphatic carbocycles. The maximum atomic E-state index is 11.2. The molecule has 0 radical (unpaired) electrons. The first kappa shape index (κ1) is 13.6. The van der Waals surface area contributed by atoms with E-state index in [-0.39, 0.29) is 11.9 Å². The molecule has 0 rings (SSSR count). The summed E-state index contributed by atoms with van der Waals surface area (Å²) in [6.45, 7) is 4.30. The fourth-order valence-electron chi connectivity index (χ4n) is 0.903. The number of nitrogens with one attached hydrogen (secondary N) is 1. The summed E-state index contributed by atoms with van der Waals surface area (Å²) in [6, 6.07) is -0.0633. The van der Waals surface area contributed by atoms with Gasteiger partial charge in [0.05, 0.1) is 0 Å². The van der Waals surface area contributed by atoms with E-state index in [1.165, 1.54) is 0 Å². The Kier molecular flexibility index (Phi) is 7.70. The van der Waals surface area contributed by atoms with Crippen LogP contribution in [0, 0.1) is 0 Å². The molecular weight excluding hydrogens is 200 g/mol. The highest BCUT2D eigenvalue weighted by molar-refractivity contribution is 7.84. The molecule has 5 heteroatoms. The van der Waals surface area contributed by atoms with Crippen molar-refractivity contribution < 1.29 is 9.00 Å². The molecule has 0 aliphatic heterocycles. The van der Waals surface area contributed by atoms with E-state index in [4.69, 9.17) is 5.73 Å². The van der Waals surface area contributed by atoms with Crippen LogP contribution in [-0.2, 0) is 15.6 Å². The molecule has 0 fully saturated rings. The van der Waals surface area contributed by atoms with Gasteiger partial charge in [-0.25, -0.2) is 0 Å². The standard InChI is InChI=1S/C9H20N2O2S/c1-3-8(10)7-9(12)11-5-6-14(13)4-2/h8H,3-7,10H2,1-2H3,(H,11,12). The van der Waals surface area contributed by atoms with Crippen molar-refractivity contribution in [3.8, 4) is 0 Å². The molecule has 4 nitrogen and oxygen atoms in total. The molecule has 0 aromatic carbocycles. The zero-order valence-electron chi connectivity index (χ0n) is 8.91. The van der Waals surface area contributed by atoms with Crippen LogP contribution in [0.2, 0.25) is 0 Å². The van der Waals surface area contributed by atoms with Crippen LogP contribution in [-0.4, -0.2) is 34.2 Å². The first-order valence-electron chi connectivity index (χ1n) is 4.97. The number of rotatable bonds is 7. The second-order valence-corrected chi connectivity index (χ2v) is 5.02. The molecule has 0 aromatic heterocycles. The average molecular weight is 220 g/mol. The number of hydrogen-bond donors (Lipinski definition) is 2. The van der Waals surface area contributed by atoms with Crippen LogP contribution in [0.5, 0.6) is 0 Å². The van der Waals surface area contributed by atoms with Crippen molar-refractivity contribution in [2.75, 3.05) is 18.1 Å². The third-order valence-electron chi connectivity index (χ3n) is 1.95. The highest BCUT2D eigenvalue weighted by Gasteiger charge is 2.06. The summed E-state index contributed by atoms with van der Waals surface area (Å²) in [5.74, 6) is 1.13. The van der Waals surface area contributed by atoms with Crippen LogP contribution in [0.25, 0.3) is 0 Å². The van der Waals surface area contributed by atoms with Crippen molar-refractivity contribution in [2.45, 2.75) is 32.7 Å². The molecule has 3 N–H and O–H groups in total. The lowest BCUT2D eigenvalue weighted by Crippen LogP contribution is -2.33. The molecule has 0 bridgehead atoms. The number of carbonyl (C=O) groups excluding carboxylic acids is 1. The average Bonchev–Trinajstić information content (AvgIpc) is 2.17. The largest absolute Gasteiger partial charge is 0.355 e. The minimum absolute atomic E-state index is 0.0487. The van der Waals surface area contributed by atoms with Gasteiger partial charge in [0.25, 0.3) is 0 Å². The van der Waals surface area contributed by atoms with Crippen LogP contribution in [0.1, 0.15) is 26.7 Å². The summed E-state index contributed by atoms with van der Waals surface area (Å²) < 4.78 is 11.0. The van der Waals surface area contributed by atoms with E-state index < -0.39 is 10.8 Å². The molecule has 0 saturated carbocycles. The summed E-state index contributed by atoms with van der Waals surface area (Å²) in [5, 5.41) is 2.70. The van der Waals surface area contributed by atoms with E-state index in [0.717, 1.165) is 6.42 Å². The lowest BCUT2D eigenvalue weighted by Gasteiger charge is -2.08. The number of amides is 1. The Morgan fingerprint density at radius 1 is 1.50 bits per heavy atom. The molecule has 0 spiro atoms. The number of hydrogen-bond acceptors (Lipinski definition) is 3. The summed E-state index contributed by atoms with van der Waals surface area (Å²) in [6.07, 6.45) is 1.16. The summed E-state index contributed by atoms with van der Waals surface area (Å²) in [5.41, 5.74) is 5.61. The maximum absolute atomic E-state index is 11.2. The molecule has 0 saturated heterocycles. The van der Waals surface area contributed by atoms with Gasteiger partial charge < -0.3 is 11.1 Å². The van der Waals surface area contributed by atoms with Gasteiger partial charge in [-0.3, -0.25) is 9.00 Å². The minimum atomic E-state index is -0.804. The fourth-order valence-corrected chi connectivity index (χ4v) is 1.52. The van der Waals surface area contributed by atoms with Crippen LogP contribution in [0.15, 0.2) is 0 Å². The van der Waals surface area contributed by atoms with Gasteiger partial charge in [-0.2, -0.15) is 0 Å². The second-order valence-electron chi connectivity index (χ2n) is 3.16. The predicted octanol–water partition coefficient (Wildman–Crippen LogP) is -0.00140. The van der Waals surface area contributed by atoms with Gasteiger partial charge in [-0.1, -0.05) is 13.8 Å². The molecular formula is C9H20N2O2S. The van der Waals surface area contributed by atoms with Crippen molar-refractivity contribution in [1.29, 1.82) is 0 Å². The first-order chi connectivity index (χ1) is 6.60. The van der Waals surface area contributed by atoms with Gasteiger partial charge in [-0.05, 0) is 6.42 Å². The molecule has 0 heterocycles. The van der Waals surface area contributed by atoms with E-state index in [1.807, 2.05) is 13.8 Å². The maximum Gasteiger partial charge on any atom is 0.221 e. The SMILES string of the molecule is CCC(N)CC(=O)NCCS(=O)CC. The van der Waals surface area contributed by atoms with Crippen LogP contribution < -0.4 is 11.1 Å². The molecule has 2 unspecified atom stereocenters. The van der Waals surface area contributed by atoms with Gasteiger partial charge in [0.2, 0.25) is 5.91 Å². The second kappa shape index (κ2) is 7.94. The van der Waals surface area contributed by atoms with Crippen molar-refractivity contribution in [2.24, 2.45) is 5.73 Å². The minimum Gasteiger partial charge on any atom is -0.355 e. The topological polar surface area (TPSA) is 72.2 Å². The third kappa shape index (κ3) is 7.03. The van der Waals surface area contributed by atoms with Crippen molar-refractivity contribution >= 4 is 16.7 Å². The van der Waals surface area contributed by atoms with Gasteiger partial charge in [0.1, 0.15) is 0 Å². The van der Waals surface area contributed by atoms with Gasteiger partial charge in [0.15, 0.2) is 0 Å². The number of nitrogens with two attached hydrogens (primary N) is 1. The summed E-state index contributed by atoms with van der Waals surface area (Å²) >= 11 is 0. The van der Waals surface area contributed by atoms with Crippen LogP contribution in [0.4, 0.5) is 0 Å². The smallest absolute Gasteiger partial charge is 0.221 e. The Morgan fingerprint density at radius 2 is 2.14 bits per heavy atom. The van der Waals surface area contributed by atoms with Crippen molar-refractivity contribution in [3.63, 3.8) is 0 Å². The van der Waals surface area contributed by atoms with E-state index in [0.29, 0.717) is 24.5 Å². The quantitative estimate of drug-likeness (QED) is 0.634. The van der Waals surface area contributed by atoms with Crippen molar-refractivity contribution in [3.05, 3.63) is 0 Å². The molecule has 14 heavy (non-hydrogen) atoms. The lowest BCUT2D eigenvalue weighted by molar-refractivity contribution is -0.121. The predicted molar refractivity (Wildman–Crippen MR) is 59.4 cm³/mol. The highest BCUT2D eigenvalue weighted by Crippen LogP contribution is 1.92.